The summed E-state index contributed by atoms with van der Waals surface area (Å²) in [6.07, 6.45) is -0.0692. The zero-order valence-electron chi connectivity index (χ0n) is 13.5. The molecule has 1 heterocycles. The molecule has 1 saturated heterocycles. The minimum atomic E-state index is -1.44. The Morgan fingerprint density at radius 2 is 1.32 bits per heavy atom. The molecule has 0 aliphatic carbocycles. The first-order chi connectivity index (χ1) is 11.9. The summed E-state index contributed by atoms with van der Waals surface area (Å²) in [6, 6.07) is 11.2. The number of hydrogen-bond acceptors (Lipinski definition) is 2. The van der Waals surface area contributed by atoms with Gasteiger partial charge in [0.1, 0.15) is 17.2 Å². The number of hydrogen-bond donors (Lipinski definition) is 2. The second-order valence-corrected chi connectivity index (χ2v) is 6.32. The molecule has 6 heteroatoms. The fourth-order valence-electron chi connectivity index (χ4n) is 3.53. The summed E-state index contributed by atoms with van der Waals surface area (Å²) in [5.41, 5.74) is -0.421. The quantitative estimate of drug-likeness (QED) is 0.892. The van der Waals surface area contributed by atoms with E-state index < -0.39 is 23.3 Å². The second-order valence-electron chi connectivity index (χ2n) is 6.32. The van der Waals surface area contributed by atoms with E-state index in [1.54, 1.807) is 0 Å². The summed E-state index contributed by atoms with van der Waals surface area (Å²) in [4.78, 5) is 12.4. The predicted octanol–water partition coefficient (Wildman–Crippen LogP) is 3.59. The highest BCUT2D eigenvalue weighted by molar-refractivity contribution is 5.65. The number of carboxylic acid groups (broad SMARTS) is 1. The van der Waals surface area contributed by atoms with Crippen molar-refractivity contribution in [2.75, 3.05) is 13.1 Å². The van der Waals surface area contributed by atoms with E-state index in [-0.39, 0.29) is 5.92 Å². The van der Waals surface area contributed by atoms with Crippen LogP contribution in [-0.4, -0.2) is 34.3 Å². The van der Waals surface area contributed by atoms with Crippen LogP contribution in [0.15, 0.2) is 48.5 Å². The Morgan fingerprint density at radius 3 is 1.68 bits per heavy atom. The molecule has 0 radical (unpaired) electrons. The molecule has 1 amide bonds. The van der Waals surface area contributed by atoms with Crippen molar-refractivity contribution >= 4 is 6.09 Å². The maximum Gasteiger partial charge on any atom is 0.407 e. The van der Waals surface area contributed by atoms with Crippen LogP contribution >= 0.6 is 0 Å². The van der Waals surface area contributed by atoms with E-state index in [0.29, 0.717) is 37.1 Å². The number of carbonyl (C=O) groups is 1. The normalized spacial score (nSPS) is 16.0. The van der Waals surface area contributed by atoms with E-state index >= 15 is 0 Å². The summed E-state index contributed by atoms with van der Waals surface area (Å²) in [5.74, 6) is -1.09. The van der Waals surface area contributed by atoms with Gasteiger partial charge in [-0.25, -0.2) is 13.6 Å². The van der Waals surface area contributed by atoms with E-state index in [0.717, 1.165) is 0 Å². The molecule has 3 rings (SSSR count). The molecule has 2 aromatic rings. The fraction of sp³-hybridized carbons (Fsp3) is 0.316. The van der Waals surface area contributed by atoms with Gasteiger partial charge in [0, 0.05) is 13.1 Å². The maximum atomic E-state index is 13.3. The van der Waals surface area contributed by atoms with Crippen LogP contribution in [0.3, 0.4) is 0 Å². The van der Waals surface area contributed by atoms with Gasteiger partial charge in [0.05, 0.1) is 0 Å². The third kappa shape index (κ3) is 3.35. The fourth-order valence-corrected chi connectivity index (χ4v) is 3.53. The highest BCUT2D eigenvalue weighted by Crippen LogP contribution is 2.42. The summed E-state index contributed by atoms with van der Waals surface area (Å²) in [5, 5.41) is 20.7. The Bertz CT molecular complexity index is 693. The van der Waals surface area contributed by atoms with Gasteiger partial charge in [0.2, 0.25) is 0 Å². The van der Waals surface area contributed by atoms with Crippen LogP contribution in [0.4, 0.5) is 13.6 Å². The van der Waals surface area contributed by atoms with Crippen molar-refractivity contribution in [3.63, 3.8) is 0 Å². The number of amides is 1. The lowest BCUT2D eigenvalue weighted by Crippen LogP contribution is -2.45. The van der Waals surface area contributed by atoms with Crippen LogP contribution < -0.4 is 0 Å². The van der Waals surface area contributed by atoms with Crippen LogP contribution in [0, 0.1) is 17.6 Å². The molecule has 0 aromatic heterocycles. The average Bonchev–Trinajstić information content (AvgIpc) is 2.62. The first-order valence-corrected chi connectivity index (χ1v) is 8.13. The molecule has 0 bridgehead atoms. The Hall–Kier alpha value is -2.47. The number of rotatable bonds is 3. The van der Waals surface area contributed by atoms with Crippen LogP contribution in [0.2, 0.25) is 0 Å². The lowest BCUT2D eigenvalue weighted by atomic mass is 9.72. The molecular formula is C19H19F2NO3. The minimum Gasteiger partial charge on any atom is -0.465 e. The van der Waals surface area contributed by atoms with Gasteiger partial charge >= 0.3 is 6.09 Å². The molecule has 1 aliphatic rings. The van der Waals surface area contributed by atoms with E-state index in [1.807, 2.05) is 0 Å². The third-order valence-corrected chi connectivity index (χ3v) is 4.92. The van der Waals surface area contributed by atoms with Gasteiger partial charge in [-0.15, -0.1) is 0 Å². The van der Waals surface area contributed by atoms with Crippen molar-refractivity contribution in [3.8, 4) is 0 Å². The van der Waals surface area contributed by atoms with Crippen LogP contribution in [0.1, 0.15) is 24.0 Å². The molecule has 0 atom stereocenters. The smallest absolute Gasteiger partial charge is 0.407 e. The number of aliphatic hydroxyl groups is 1. The van der Waals surface area contributed by atoms with Crippen molar-refractivity contribution in [2.45, 2.75) is 18.4 Å². The molecule has 1 aliphatic heterocycles. The molecule has 2 N–H and O–H groups in total. The molecule has 2 aromatic carbocycles. The van der Waals surface area contributed by atoms with E-state index in [9.17, 15) is 18.7 Å². The second kappa shape index (κ2) is 6.80. The zero-order chi connectivity index (χ0) is 18.0. The molecule has 25 heavy (non-hydrogen) atoms. The monoisotopic (exact) mass is 347 g/mol. The minimum absolute atomic E-state index is 0.265. The van der Waals surface area contributed by atoms with Gasteiger partial charge in [-0.05, 0) is 54.2 Å². The highest BCUT2D eigenvalue weighted by Gasteiger charge is 2.42. The van der Waals surface area contributed by atoms with Crippen molar-refractivity contribution in [1.29, 1.82) is 0 Å². The Kier molecular flexibility index (Phi) is 4.72. The van der Waals surface area contributed by atoms with E-state index in [4.69, 9.17) is 5.11 Å². The molecule has 0 unspecified atom stereocenters. The Balaban J connectivity index is 1.99. The standard InChI is InChI=1S/C19H19F2NO3/c20-16-5-1-13(2-6-16)19(25,14-3-7-17(21)8-4-14)15-9-11-22(12-10-15)18(23)24/h1-8,15,25H,9-12H2,(H,23,24). The summed E-state index contributed by atoms with van der Waals surface area (Å²) in [6.45, 7) is 0.620. The van der Waals surface area contributed by atoms with Crippen LogP contribution in [0.25, 0.3) is 0 Å². The summed E-state index contributed by atoms with van der Waals surface area (Å²) < 4.78 is 26.6. The SMILES string of the molecule is O=C(O)N1CCC(C(O)(c2ccc(F)cc2)c2ccc(F)cc2)CC1. The third-order valence-electron chi connectivity index (χ3n) is 4.92. The van der Waals surface area contributed by atoms with Gasteiger partial charge < -0.3 is 15.1 Å². The van der Waals surface area contributed by atoms with Crippen molar-refractivity contribution in [1.82, 2.24) is 4.90 Å². The van der Waals surface area contributed by atoms with Gasteiger partial charge in [0.15, 0.2) is 0 Å². The molecular weight excluding hydrogens is 328 g/mol. The molecule has 1 fully saturated rings. The maximum absolute atomic E-state index is 13.3. The lowest BCUT2D eigenvalue weighted by Gasteiger charge is -2.41. The number of nitrogens with zero attached hydrogens (tertiary/aromatic N) is 1. The topological polar surface area (TPSA) is 60.8 Å². The van der Waals surface area contributed by atoms with Gasteiger partial charge in [-0.2, -0.15) is 0 Å². The zero-order valence-corrected chi connectivity index (χ0v) is 13.5. The van der Waals surface area contributed by atoms with Gasteiger partial charge in [-0.1, -0.05) is 24.3 Å². The van der Waals surface area contributed by atoms with E-state index in [1.165, 1.54) is 53.4 Å². The lowest BCUT2D eigenvalue weighted by molar-refractivity contribution is -0.0122. The van der Waals surface area contributed by atoms with Crippen molar-refractivity contribution in [3.05, 3.63) is 71.3 Å². The Morgan fingerprint density at radius 1 is 0.920 bits per heavy atom. The first kappa shape index (κ1) is 17.4. The summed E-state index contributed by atoms with van der Waals surface area (Å²) >= 11 is 0. The summed E-state index contributed by atoms with van der Waals surface area (Å²) in [7, 11) is 0. The number of piperidine rings is 1. The largest absolute Gasteiger partial charge is 0.465 e. The highest BCUT2D eigenvalue weighted by atomic mass is 19.1. The molecule has 0 saturated carbocycles. The molecule has 132 valence electrons. The van der Waals surface area contributed by atoms with Crippen molar-refractivity contribution < 1.29 is 23.8 Å². The number of benzene rings is 2. The predicted molar refractivity (Wildman–Crippen MR) is 88.1 cm³/mol. The number of halogens is 2. The molecule has 4 nitrogen and oxygen atoms in total. The number of likely N-dealkylation sites (tertiary alicyclic amines) is 1. The first-order valence-electron chi connectivity index (χ1n) is 8.13. The van der Waals surface area contributed by atoms with Crippen molar-refractivity contribution in [2.24, 2.45) is 5.92 Å². The van der Waals surface area contributed by atoms with E-state index in [2.05, 4.69) is 0 Å². The van der Waals surface area contributed by atoms with Crippen LogP contribution in [-0.2, 0) is 5.60 Å². The van der Waals surface area contributed by atoms with Crippen LogP contribution in [0.5, 0.6) is 0 Å². The average molecular weight is 347 g/mol. The van der Waals surface area contributed by atoms with Gasteiger partial charge in [-0.3, -0.25) is 0 Å². The Labute approximate surface area is 144 Å². The van der Waals surface area contributed by atoms with Gasteiger partial charge in [0.25, 0.3) is 0 Å². The molecule has 0 spiro atoms.